The van der Waals surface area contributed by atoms with Gasteiger partial charge in [-0.1, -0.05) is 6.07 Å². The monoisotopic (exact) mass is 346 g/mol. The highest BCUT2D eigenvalue weighted by molar-refractivity contribution is 7.99. The number of nitrogens with zero attached hydrogens (tertiary/aromatic N) is 1. The zero-order valence-electron chi connectivity index (χ0n) is 13.6. The Balaban J connectivity index is 1.54. The molecule has 4 saturated carbocycles. The summed E-state index contributed by atoms with van der Waals surface area (Å²) in [6, 6.07) is 4.62. The molecule has 4 aliphatic rings. The Hall–Kier alpha value is -1.56. The van der Waals surface area contributed by atoms with Crippen LogP contribution in [0.15, 0.2) is 18.2 Å². The van der Waals surface area contributed by atoms with Crippen LogP contribution in [0, 0.1) is 27.9 Å². The highest BCUT2D eigenvalue weighted by Crippen LogP contribution is 2.61. The number of primary amides is 1. The third-order valence-electron chi connectivity index (χ3n) is 6.08. The number of nitro benzene ring substituents is 1. The average Bonchev–Trinajstić information content (AvgIpc) is 2.51. The fraction of sp³-hybridized carbons (Fsp3) is 0.611. The minimum Gasteiger partial charge on any atom is -0.366 e. The maximum absolute atomic E-state index is 11.4. The van der Waals surface area contributed by atoms with E-state index in [4.69, 9.17) is 5.73 Å². The van der Waals surface area contributed by atoms with Gasteiger partial charge in [-0.25, -0.2) is 0 Å². The molecule has 1 amide bonds. The molecule has 5 nitrogen and oxygen atoms in total. The van der Waals surface area contributed by atoms with Crippen LogP contribution in [0.2, 0.25) is 0 Å². The normalized spacial score (nSPS) is 33.6. The van der Waals surface area contributed by atoms with Crippen molar-refractivity contribution in [1.82, 2.24) is 0 Å². The lowest BCUT2D eigenvalue weighted by molar-refractivity contribution is -0.385. The van der Waals surface area contributed by atoms with Crippen LogP contribution in [-0.4, -0.2) is 15.6 Å². The van der Waals surface area contributed by atoms with E-state index in [1.165, 1.54) is 44.6 Å². The molecule has 5 rings (SSSR count). The second kappa shape index (κ2) is 5.76. The molecule has 0 spiro atoms. The van der Waals surface area contributed by atoms with Crippen molar-refractivity contribution in [2.24, 2.45) is 23.5 Å². The Kier molecular flexibility index (Phi) is 3.82. The van der Waals surface area contributed by atoms with Gasteiger partial charge in [0.15, 0.2) is 0 Å². The van der Waals surface area contributed by atoms with Gasteiger partial charge in [0.2, 0.25) is 5.91 Å². The van der Waals surface area contributed by atoms with E-state index in [0.717, 1.165) is 17.8 Å². The number of nitrogens with two attached hydrogens (primary N) is 1. The number of benzene rings is 1. The molecule has 4 fully saturated rings. The predicted octanol–water partition coefficient (Wildman–Crippen LogP) is 3.90. The van der Waals surface area contributed by atoms with Crippen LogP contribution in [0.4, 0.5) is 5.69 Å². The summed E-state index contributed by atoms with van der Waals surface area (Å²) < 4.78 is 0.324. The molecule has 0 unspecified atom stereocenters. The second-order valence-corrected chi connectivity index (χ2v) is 9.30. The number of nitro groups is 1. The van der Waals surface area contributed by atoms with Crippen molar-refractivity contribution < 1.29 is 9.72 Å². The Morgan fingerprint density at radius 1 is 1.21 bits per heavy atom. The van der Waals surface area contributed by atoms with Crippen LogP contribution in [0.1, 0.15) is 54.4 Å². The van der Waals surface area contributed by atoms with E-state index in [0.29, 0.717) is 16.1 Å². The number of carbonyl (C=O) groups excluding carboxylic acids is 1. The SMILES string of the molecule is NC(=O)c1ccc(CSC23CC4CC(CC(C4)C2)C3)c([N+](=O)[O-])c1. The molecule has 1 aromatic carbocycles. The van der Waals surface area contributed by atoms with Crippen molar-refractivity contribution in [2.45, 2.75) is 49.0 Å². The fourth-order valence-electron chi connectivity index (χ4n) is 5.45. The predicted molar refractivity (Wildman–Crippen MR) is 93.8 cm³/mol. The van der Waals surface area contributed by atoms with Crippen LogP contribution < -0.4 is 5.73 Å². The quantitative estimate of drug-likeness (QED) is 0.647. The van der Waals surface area contributed by atoms with Gasteiger partial charge in [0.05, 0.1) is 4.92 Å². The molecule has 0 aromatic heterocycles. The molecule has 4 bridgehead atoms. The molecular formula is C18H22N2O3S. The summed E-state index contributed by atoms with van der Waals surface area (Å²) in [4.78, 5) is 22.2. The first-order valence-corrected chi connectivity index (χ1v) is 9.64. The highest BCUT2D eigenvalue weighted by atomic mass is 32.2. The lowest BCUT2D eigenvalue weighted by Gasteiger charge is -2.56. The van der Waals surface area contributed by atoms with Gasteiger partial charge in [-0.15, -0.1) is 0 Å². The third kappa shape index (κ3) is 2.81. The molecule has 0 heterocycles. The number of carbonyl (C=O) groups is 1. The van der Waals surface area contributed by atoms with Crippen molar-refractivity contribution >= 4 is 23.4 Å². The molecule has 24 heavy (non-hydrogen) atoms. The summed E-state index contributed by atoms with van der Waals surface area (Å²) in [5.41, 5.74) is 6.16. The van der Waals surface area contributed by atoms with E-state index in [1.807, 2.05) is 11.8 Å². The first-order valence-electron chi connectivity index (χ1n) is 8.65. The van der Waals surface area contributed by atoms with Crippen LogP contribution >= 0.6 is 11.8 Å². The van der Waals surface area contributed by atoms with Crippen LogP contribution in [-0.2, 0) is 5.75 Å². The fourth-order valence-corrected chi connectivity index (χ4v) is 7.21. The zero-order valence-corrected chi connectivity index (χ0v) is 14.4. The summed E-state index contributed by atoms with van der Waals surface area (Å²) in [5, 5.41) is 11.4. The van der Waals surface area contributed by atoms with E-state index in [9.17, 15) is 14.9 Å². The Morgan fingerprint density at radius 2 is 1.79 bits per heavy atom. The maximum atomic E-state index is 11.4. The number of rotatable bonds is 5. The minimum absolute atomic E-state index is 0.0172. The van der Waals surface area contributed by atoms with E-state index < -0.39 is 10.8 Å². The number of hydrogen-bond acceptors (Lipinski definition) is 4. The van der Waals surface area contributed by atoms with Gasteiger partial charge in [-0.3, -0.25) is 14.9 Å². The van der Waals surface area contributed by atoms with E-state index in [-0.39, 0.29) is 11.3 Å². The molecule has 0 saturated heterocycles. The van der Waals surface area contributed by atoms with Crippen LogP contribution in [0.3, 0.4) is 0 Å². The van der Waals surface area contributed by atoms with Crippen molar-refractivity contribution in [2.75, 3.05) is 0 Å². The molecule has 6 heteroatoms. The third-order valence-corrected chi connectivity index (χ3v) is 7.65. The molecular weight excluding hydrogens is 324 g/mol. The maximum Gasteiger partial charge on any atom is 0.274 e. The van der Waals surface area contributed by atoms with E-state index >= 15 is 0 Å². The van der Waals surface area contributed by atoms with Gasteiger partial charge in [-0.05, 0) is 62.3 Å². The lowest BCUT2D eigenvalue weighted by atomic mass is 9.56. The molecule has 0 aliphatic heterocycles. The van der Waals surface area contributed by atoms with Crippen LogP contribution in [0.25, 0.3) is 0 Å². The highest BCUT2D eigenvalue weighted by Gasteiger charge is 2.51. The van der Waals surface area contributed by atoms with Crippen molar-refractivity contribution in [3.63, 3.8) is 0 Å². The molecule has 1 aromatic rings. The van der Waals surface area contributed by atoms with Gasteiger partial charge in [-0.2, -0.15) is 11.8 Å². The molecule has 4 aliphatic carbocycles. The summed E-state index contributed by atoms with van der Waals surface area (Å²) in [6.45, 7) is 0. The topological polar surface area (TPSA) is 86.2 Å². The lowest BCUT2D eigenvalue weighted by Crippen LogP contribution is -2.48. The minimum atomic E-state index is -0.626. The van der Waals surface area contributed by atoms with Crippen molar-refractivity contribution in [3.05, 3.63) is 39.4 Å². The van der Waals surface area contributed by atoms with Crippen LogP contribution in [0.5, 0.6) is 0 Å². The number of hydrogen-bond donors (Lipinski definition) is 1. The van der Waals surface area contributed by atoms with E-state index in [1.54, 1.807) is 12.1 Å². The molecule has 0 atom stereocenters. The summed E-state index contributed by atoms with van der Waals surface area (Å²) >= 11 is 1.91. The van der Waals surface area contributed by atoms with Gasteiger partial charge in [0.1, 0.15) is 0 Å². The first kappa shape index (κ1) is 15.9. The molecule has 0 radical (unpaired) electrons. The van der Waals surface area contributed by atoms with Crippen molar-refractivity contribution in [1.29, 1.82) is 0 Å². The average molecular weight is 346 g/mol. The Labute approximate surface area is 145 Å². The van der Waals surface area contributed by atoms with Gasteiger partial charge in [0, 0.05) is 27.7 Å². The summed E-state index contributed by atoms with van der Waals surface area (Å²) in [6.07, 6.45) is 8.01. The summed E-state index contributed by atoms with van der Waals surface area (Å²) in [5.74, 6) is 2.63. The molecule has 128 valence electrons. The van der Waals surface area contributed by atoms with E-state index in [2.05, 4.69) is 0 Å². The Morgan fingerprint density at radius 3 is 2.29 bits per heavy atom. The molecule has 2 N–H and O–H groups in total. The van der Waals surface area contributed by atoms with Gasteiger partial charge < -0.3 is 5.73 Å². The number of amides is 1. The standard InChI is InChI=1S/C18H22N2O3S/c19-17(21)14-1-2-15(16(6-14)20(22)23)10-24-18-7-11-3-12(8-18)5-13(4-11)9-18/h1-2,6,11-13H,3-5,7-10H2,(H2,19,21). The second-order valence-electron chi connectivity index (χ2n) is 7.85. The van der Waals surface area contributed by atoms with Gasteiger partial charge in [0.25, 0.3) is 5.69 Å². The summed E-state index contributed by atoms with van der Waals surface area (Å²) in [7, 11) is 0. The first-order chi connectivity index (χ1) is 11.4. The van der Waals surface area contributed by atoms with Gasteiger partial charge >= 0.3 is 0 Å². The number of thioether (sulfide) groups is 1. The smallest absolute Gasteiger partial charge is 0.274 e. The van der Waals surface area contributed by atoms with Crippen molar-refractivity contribution in [3.8, 4) is 0 Å². The zero-order chi connectivity index (χ0) is 16.9. The largest absolute Gasteiger partial charge is 0.366 e. The Bertz CT molecular complexity index is 668.